The molecule has 120 valence electrons. The van der Waals surface area contributed by atoms with Crippen molar-refractivity contribution in [2.24, 2.45) is 0 Å². The zero-order chi connectivity index (χ0) is 16.0. The number of rotatable bonds is 4. The molecule has 0 heterocycles. The number of carbonyl (C=O) groups is 1. The Labute approximate surface area is 131 Å². The molecule has 1 fully saturated rings. The van der Waals surface area contributed by atoms with Crippen molar-refractivity contribution in [3.63, 3.8) is 0 Å². The van der Waals surface area contributed by atoms with Gasteiger partial charge in [-0.25, -0.2) is 8.42 Å². The van der Waals surface area contributed by atoms with Crippen molar-refractivity contribution < 1.29 is 17.9 Å². The molecule has 0 saturated heterocycles. The highest BCUT2D eigenvalue weighted by Gasteiger charge is 2.53. The molecule has 0 bridgehead atoms. The van der Waals surface area contributed by atoms with E-state index in [0.29, 0.717) is 12.8 Å². The van der Waals surface area contributed by atoms with Gasteiger partial charge in [0, 0.05) is 6.26 Å². The summed E-state index contributed by atoms with van der Waals surface area (Å²) in [5, 5.41) is 2.96. The fraction of sp³-hybridized carbons (Fsp3) is 0.562. The van der Waals surface area contributed by atoms with Crippen LogP contribution in [0.5, 0.6) is 5.75 Å². The number of benzene rings is 1. The molecular weight excluding hydrogens is 302 g/mol. The lowest BCUT2D eigenvalue weighted by Gasteiger charge is -2.39. The second kappa shape index (κ2) is 5.26. The van der Waals surface area contributed by atoms with E-state index in [0.717, 1.165) is 42.4 Å². The molecule has 0 radical (unpaired) electrons. The van der Waals surface area contributed by atoms with Gasteiger partial charge in [-0.1, -0.05) is 12.1 Å². The Bertz CT molecular complexity index is 707. The Morgan fingerprint density at radius 2 is 2.09 bits per heavy atom. The van der Waals surface area contributed by atoms with Gasteiger partial charge < -0.3 is 10.1 Å². The van der Waals surface area contributed by atoms with Crippen LogP contribution in [0.3, 0.4) is 0 Å². The van der Waals surface area contributed by atoms with E-state index in [4.69, 9.17) is 4.74 Å². The fourth-order valence-electron chi connectivity index (χ4n) is 3.52. The van der Waals surface area contributed by atoms with Crippen molar-refractivity contribution in [1.29, 1.82) is 0 Å². The molecular formula is C16H21NO4S. The molecule has 3 rings (SSSR count). The number of nitrogens with one attached hydrogen (secondary N) is 1. The minimum absolute atomic E-state index is 0.128. The number of fused-ring (bicyclic) bond motifs is 1. The predicted octanol–water partition coefficient (Wildman–Crippen LogP) is 1.77. The van der Waals surface area contributed by atoms with Gasteiger partial charge in [0.25, 0.3) is 0 Å². The normalized spacial score (nSPS) is 22.5. The van der Waals surface area contributed by atoms with Crippen molar-refractivity contribution in [2.45, 2.75) is 42.9 Å². The third-order valence-corrected chi connectivity index (χ3v) is 7.05. The Kier molecular flexibility index (Phi) is 3.67. The van der Waals surface area contributed by atoms with E-state index >= 15 is 0 Å². The van der Waals surface area contributed by atoms with E-state index < -0.39 is 14.6 Å². The third-order valence-electron chi connectivity index (χ3n) is 5.04. The van der Waals surface area contributed by atoms with Crippen LogP contribution in [0.25, 0.3) is 0 Å². The molecule has 1 amide bonds. The first-order chi connectivity index (χ1) is 10.4. The van der Waals surface area contributed by atoms with Crippen molar-refractivity contribution in [2.75, 3.05) is 13.4 Å². The van der Waals surface area contributed by atoms with E-state index in [1.165, 1.54) is 0 Å². The molecule has 1 aromatic rings. The number of methoxy groups -OCH3 is 1. The lowest BCUT2D eigenvalue weighted by atomic mass is 9.83. The van der Waals surface area contributed by atoms with E-state index in [2.05, 4.69) is 5.32 Å². The second-order valence-electron chi connectivity index (χ2n) is 6.21. The number of hydrogen-bond donors (Lipinski definition) is 1. The van der Waals surface area contributed by atoms with Crippen LogP contribution in [0, 0.1) is 0 Å². The second-order valence-corrected chi connectivity index (χ2v) is 8.54. The number of amides is 1. The van der Waals surface area contributed by atoms with Gasteiger partial charge in [-0.2, -0.15) is 0 Å². The van der Waals surface area contributed by atoms with E-state index in [-0.39, 0.29) is 11.9 Å². The molecule has 5 nitrogen and oxygen atoms in total. The van der Waals surface area contributed by atoms with E-state index in [1.54, 1.807) is 7.11 Å². The van der Waals surface area contributed by atoms with Gasteiger partial charge in [0.2, 0.25) is 5.91 Å². The molecule has 0 spiro atoms. The van der Waals surface area contributed by atoms with Gasteiger partial charge in [-0.15, -0.1) is 0 Å². The first-order valence-corrected chi connectivity index (χ1v) is 9.44. The smallest absolute Gasteiger partial charge is 0.241 e. The maximum absolute atomic E-state index is 12.6. The van der Waals surface area contributed by atoms with Crippen molar-refractivity contribution in [3.05, 3.63) is 29.3 Å². The van der Waals surface area contributed by atoms with Gasteiger partial charge in [-0.05, 0) is 49.3 Å². The number of sulfone groups is 1. The highest BCUT2D eigenvalue weighted by atomic mass is 32.2. The Morgan fingerprint density at radius 1 is 1.36 bits per heavy atom. The molecule has 1 N–H and O–H groups in total. The van der Waals surface area contributed by atoms with Gasteiger partial charge in [0.15, 0.2) is 9.84 Å². The third kappa shape index (κ3) is 2.20. The summed E-state index contributed by atoms with van der Waals surface area (Å²) >= 11 is 0. The van der Waals surface area contributed by atoms with Crippen LogP contribution in [0.2, 0.25) is 0 Å². The van der Waals surface area contributed by atoms with Gasteiger partial charge in [-0.3, -0.25) is 4.79 Å². The largest absolute Gasteiger partial charge is 0.496 e. The number of ether oxygens (including phenoxy) is 1. The molecule has 0 aliphatic heterocycles. The van der Waals surface area contributed by atoms with Crippen molar-refractivity contribution >= 4 is 15.7 Å². The Balaban J connectivity index is 1.84. The standard InChI is InChI=1S/C16H21NO4S/c1-21-14-6-3-5-11-12(14)7-8-13(11)17-15(18)16(9-4-10-16)22(2,19)20/h3,5-6,13H,4,7-10H2,1-2H3,(H,17,18). The van der Waals surface area contributed by atoms with Crippen LogP contribution < -0.4 is 10.1 Å². The summed E-state index contributed by atoms with van der Waals surface area (Å²) in [6.45, 7) is 0. The molecule has 1 aromatic carbocycles. The van der Waals surface area contributed by atoms with E-state index in [1.807, 2.05) is 18.2 Å². The molecule has 0 aromatic heterocycles. The summed E-state index contributed by atoms with van der Waals surface area (Å²) in [4.78, 5) is 12.6. The molecule has 1 saturated carbocycles. The summed E-state index contributed by atoms with van der Waals surface area (Å²) < 4.78 is 28.2. The maximum atomic E-state index is 12.6. The van der Waals surface area contributed by atoms with Gasteiger partial charge in [0.1, 0.15) is 10.5 Å². The average molecular weight is 323 g/mol. The fourth-order valence-corrected chi connectivity index (χ4v) is 4.94. The predicted molar refractivity (Wildman–Crippen MR) is 83.6 cm³/mol. The molecule has 2 aliphatic carbocycles. The molecule has 6 heteroatoms. The summed E-state index contributed by atoms with van der Waals surface area (Å²) in [7, 11) is -1.76. The zero-order valence-corrected chi connectivity index (χ0v) is 13.7. The number of carbonyl (C=O) groups excluding carboxylic acids is 1. The van der Waals surface area contributed by atoms with Crippen molar-refractivity contribution in [1.82, 2.24) is 5.32 Å². The van der Waals surface area contributed by atoms with Crippen LogP contribution in [0.4, 0.5) is 0 Å². The number of hydrogen-bond acceptors (Lipinski definition) is 4. The topological polar surface area (TPSA) is 72.5 Å². The molecule has 2 aliphatic rings. The van der Waals surface area contributed by atoms with Crippen LogP contribution in [-0.4, -0.2) is 32.4 Å². The van der Waals surface area contributed by atoms with E-state index in [9.17, 15) is 13.2 Å². The Hall–Kier alpha value is -1.56. The van der Waals surface area contributed by atoms with Crippen molar-refractivity contribution in [3.8, 4) is 5.75 Å². The average Bonchev–Trinajstić information content (AvgIpc) is 2.79. The van der Waals surface area contributed by atoms with Gasteiger partial charge >= 0.3 is 0 Å². The molecule has 1 unspecified atom stereocenters. The van der Waals surface area contributed by atoms with Gasteiger partial charge in [0.05, 0.1) is 13.2 Å². The molecule has 22 heavy (non-hydrogen) atoms. The summed E-state index contributed by atoms with van der Waals surface area (Å²) in [6.07, 6.45) is 4.41. The zero-order valence-electron chi connectivity index (χ0n) is 12.9. The van der Waals surface area contributed by atoms with Crippen LogP contribution in [-0.2, 0) is 21.1 Å². The highest BCUT2D eigenvalue weighted by molar-refractivity contribution is 7.93. The summed E-state index contributed by atoms with van der Waals surface area (Å²) in [5.74, 6) is 0.484. The van der Waals surface area contributed by atoms with Crippen LogP contribution in [0.1, 0.15) is 42.9 Å². The lowest BCUT2D eigenvalue weighted by Crippen LogP contribution is -2.57. The first-order valence-electron chi connectivity index (χ1n) is 7.55. The molecule has 1 atom stereocenters. The van der Waals surface area contributed by atoms with Crippen LogP contribution in [0.15, 0.2) is 18.2 Å². The first kappa shape index (κ1) is 15.3. The quantitative estimate of drug-likeness (QED) is 0.916. The minimum atomic E-state index is -3.40. The highest BCUT2D eigenvalue weighted by Crippen LogP contribution is 2.41. The lowest BCUT2D eigenvalue weighted by molar-refractivity contribution is -0.126. The minimum Gasteiger partial charge on any atom is -0.496 e. The Morgan fingerprint density at radius 3 is 2.64 bits per heavy atom. The SMILES string of the molecule is COc1cccc2c1CCC2NC(=O)C1(S(C)(=O)=O)CCC1. The summed E-state index contributed by atoms with van der Waals surface area (Å²) in [6, 6.07) is 5.66. The maximum Gasteiger partial charge on any atom is 0.241 e. The summed E-state index contributed by atoms with van der Waals surface area (Å²) in [5.41, 5.74) is 2.15. The van der Waals surface area contributed by atoms with Crippen LogP contribution >= 0.6 is 0 Å². The monoisotopic (exact) mass is 323 g/mol.